The summed E-state index contributed by atoms with van der Waals surface area (Å²) in [5.41, 5.74) is 3.69. The van der Waals surface area contributed by atoms with E-state index in [0.29, 0.717) is 35.3 Å². The monoisotopic (exact) mass is 415 g/mol. The molecular formula is C21H19Cl2N3O2. The van der Waals surface area contributed by atoms with Gasteiger partial charge < -0.3 is 10.1 Å². The Morgan fingerprint density at radius 3 is 2.79 bits per heavy atom. The summed E-state index contributed by atoms with van der Waals surface area (Å²) in [6.45, 7) is 1.65. The quantitative estimate of drug-likeness (QED) is 0.676. The van der Waals surface area contributed by atoms with E-state index in [1.165, 1.54) is 5.56 Å². The lowest BCUT2D eigenvalue weighted by Crippen LogP contribution is -2.31. The molecule has 0 radical (unpaired) electrons. The smallest absolute Gasteiger partial charge is 0.251 e. The molecule has 144 valence electrons. The van der Waals surface area contributed by atoms with E-state index in [2.05, 4.69) is 23.6 Å². The van der Waals surface area contributed by atoms with Gasteiger partial charge in [-0.05, 0) is 35.7 Å². The van der Waals surface area contributed by atoms with E-state index in [-0.39, 0.29) is 12.0 Å². The molecule has 1 aromatic heterocycles. The topological polar surface area (TPSA) is 56.1 Å². The number of halogens is 2. The normalized spacial score (nSPS) is 15.9. The van der Waals surface area contributed by atoms with E-state index >= 15 is 0 Å². The van der Waals surface area contributed by atoms with Crippen molar-refractivity contribution >= 4 is 29.1 Å². The molecule has 1 aliphatic rings. The molecular weight excluding hydrogens is 397 g/mol. The number of carbonyl (C=O) groups is 1. The molecule has 1 unspecified atom stereocenters. The van der Waals surface area contributed by atoms with Gasteiger partial charge in [-0.25, -0.2) is 0 Å². The van der Waals surface area contributed by atoms with Crippen LogP contribution in [0.3, 0.4) is 0 Å². The van der Waals surface area contributed by atoms with Gasteiger partial charge in [0.2, 0.25) is 0 Å². The zero-order valence-corrected chi connectivity index (χ0v) is 16.6. The summed E-state index contributed by atoms with van der Waals surface area (Å²) in [6.07, 6.45) is 2.62. The first-order chi connectivity index (χ1) is 13.6. The summed E-state index contributed by atoms with van der Waals surface area (Å²) in [7, 11) is 0. The number of aromatic nitrogens is 2. The molecule has 5 nitrogen and oxygen atoms in total. The van der Waals surface area contributed by atoms with Gasteiger partial charge in [0.1, 0.15) is 6.10 Å². The fourth-order valence-electron chi connectivity index (χ4n) is 3.26. The molecule has 4 rings (SSSR count). The molecule has 0 spiro atoms. The molecule has 1 atom stereocenters. The van der Waals surface area contributed by atoms with E-state index in [0.717, 1.165) is 17.7 Å². The molecule has 0 saturated carbocycles. The molecule has 1 amide bonds. The van der Waals surface area contributed by atoms with Crippen LogP contribution in [0.1, 0.15) is 33.3 Å². The third kappa shape index (κ3) is 4.22. The van der Waals surface area contributed by atoms with Crippen LogP contribution in [0.2, 0.25) is 10.0 Å². The van der Waals surface area contributed by atoms with Gasteiger partial charge in [-0.1, -0.05) is 53.5 Å². The van der Waals surface area contributed by atoms with Crippen LogP contribution in [0.15, 0.2) is 54.7 Å². The standard InChI is InChI=1S/C21H19Cl2N3O2/c22-17-7-6-15(10-18(17)23)21(27)24-11-19-20-16(8-9-28-19)13-26(25-20)12-14-4-2-1-3-5-14/h1-7,10,13,19H,8-9,11-12H2,(H,24,27). The highest BCUT2D eigenvalue weighted by molar-refractivity contribution is 6.42. The van der Waals surface area contributed by atoms with Crippen molar-refractivity contribution in [1.82, 2.24) is 15.1 Å². The summed E-state index contributed by atoms with van der Waals surface area (Å²) >= 11 is 11.9. The van der Waals surface area contributed by atoms with E-state index in [1.54, 1.807) is 18.2 Å². The van der Waals surface area contributed by atoms with Crippen LogP contribution < -0.4 is 5.32 Å². The van der Waals surface area contributed by atoms with Crippen LogP contribution in [0.4, 0.5) is 0 Å². The van der Waals surface area contributed by atoms with Gasteiger partial charge in [-0.2, -0.15) is 5.10 Å². The van der Waals surface area contributed by atoms with Crippen molar-refractivity contribution in [2.24, 2.45) is 0 Å². The van der Waals surface area contributed by atoms with E-state index in [4.69, 9.17) is 33.0 Å². The number of nitrogens with one attached hydrogen (secondary N) is 1. The Kier molecular flexibility index (Phi) is 5.67. The van der Waals surface area contributed by atoms with Crippen LogP contribution >= 0.6 is 23.2 Å². The molecule has 2 heterocycles. The molecule has 1 aliphatic heterocycles. The van der Waals surface area contributed by atoms with Crippen LogP contribution in [-0.4, -0.2) is 28.8 Å². The lowest BCUT2D eigenvalue weighted by molar-refractivity contribution is 0.0383. The molecule has 1 N–H and O–H groups in total. The first kappa shape index (κ1) is 19.0. The minimum absolute atomic E-state index is 0.224. The zero-order valence-electron chi connectivity index (χ0n) is 15.1. The fraction of sp³-hybridized carbons (Fsp3) is 0.238. The largest absolute Gasteiger partial charge is 0.370 e. The molecule has 2 aromatic carbocycles. The summed E-state index contributed by atoms with van der Waals surface area (Å²) in [5.74, 6) is -0.224. The van der Waals surface area contributed by atoms with Gasteiger partial charge in [0, 0.05) is 18.3 Å². The Hall–Kier alpha value is -2.34. The van der Waals surface area contributed by atoms with E-state index < -0.39 is 0 Å². The van der Waals surface area contributed by atoms with Gasteiger partial charge in [0.25, 0.3) is 5.91 Å². The second-order valence-electron chi connectivity index (χ2n) is 6.67. The van der Waals surface area contributed by atoms with E-state index in [1.807, 2.05) is 22.9 Å². The van der Waals surface area contributed by atoms with Crippen molar-refractivity contribution in [3.05, 3.63) is 87.2 Å². The number of ether oxygens (including phenoxy) is 1. The molecule has 0 fully saturated rings. The second kappa shape index (κ2) is 8.35. The van der Waals surface area contributed by atoms with Crippen LogP contribution in [0.5, 0.6) is 0 Å². The van der Waals surface area contributed by atoms with Gasteiger partial charge in [-0.3, -0.25) is 9.48 Å². The predicted molar refractivity (Wildman–Crippen MR) is 109 cm³/mol. The van der Waals surface area contributed by atoms with Gasteiger partial charge in [0.15, 0.2) is 0 Å². The molecule has 0 bridgehead atoms. The average molecular weight is 416 g/mol. The lowest BCUT2D eigenvalue weighted by Gasteiger charge is -2.22. The van der Waals surface area contributed by atoms with Crippen molar-refractivity contribution in [2.75, 3.05) is 13.2 Å². The molecule has 7 heteroatoms. The summed E-state index contributed by atoms with van der Waals surface area (Å²) in [6, 6.07) is 15.0. The number of fused-ring (bicyclic) bond motifs is 1. The SMILES string of the molecule is O=C(NCC1OCCc2cn(Cc3ccccc3)nc21)c1ccc(Cl)c(Cl)c1. The number of benzene rings is 2. The van der Waals surface area contributed by atoms with Gasteiger partial charge in [0.05, 0.1) is 28.9 Å². The summed E-state index contributed by atoms with van der Waals surface area (Å²) in [4.78, 5) is 12.4. The molecule has 0 aliphatic carbocycles. The minimum Gasteiger partial charge on any atom is -0.370 e. The first-order valence-corrected chi connectivity index (χ1v) is 9.81. The fourth-order valence-corrected chi connectivity index (χ4v) is 3.56. The van der Waals surface area contributed by atoms with Crippen molar-refractivity contribution in [2.45, 2.75) is 19.1 Å². The third-order valence-corrected chi connectivity index (χ3v) is 5.42. The van der Waals surface area contributed by atoms with Gasteiger partial charge in [-0.15, -0.1) is 0 Å². The molecule has 28 heavy (non-hydrogen) atoms. The second-order valence-corrected chi connectivity index (χ2v) is 7.49. The molecule has 3 aromatic rings. The van der Waals surface area contributed by atoms with Crippen LogP contribution in [-0.2, 0) is 17.7 Å². The van der Waals surface area contributed by atoms with Crippen molar-refractivity contribution in [3.8, 4) is 0 Å². The predicted octanol–water partition coefficient (Wildman–Crippen LogP) is 4.28. The Balaban J connectivity index is 1.44. The maximum Gasteiger partial charge on any atom is 0.251 e. The average Bonchev–Trinajstić information content (AvgIpc) is 3.12. The highest BCUT2D eigenvalue weighted by atomic mass is 35.5. The Labute approximate surface area is 173 Å². The van der Waals surface area contributed by atoms with E-state index in [9.17, 15) is 4.79 Å². The number of rotatable bonds is 5. The number of hydrogen-bond acceptors (Lipinski definition) is 3. The highest BCUT2D eigenvalue weighted by Gasteiger charge is 2.25. The zero-order chi connectivity index (χ0) is 19.5. The highest BCUT2D eigenvalue weighted by Crippen LogP contribution is 2.26. The maximum atomic E-state index is 12.4. The Morgan fingerprint density at radius 2 is 2.00 bits per heavy atom. The minimum atomic E-state index is -0.271. The van der Waals surface area contributed by atoms with Crippen LogP contribution in [0.25, 0.3) is 0 Å². The van der Waals surface area contributed by atoms with Crippen LogP contribution in [0, 0.1) is 0 Å². The first-order valence-electron chi connectivity index (χ1n) is 9.05. The number of carbonyl (C=O) groups excluding carboxylic acids is 1. The van der Waals surface area contributed by atoms with Crippen molar-refractivity contribution in [3.63, 3.8) is 0 Å². The summed E-state index contributed by atoms with van der Waals surface area (Å²) in [5, 5.41) is 8.38. The Bertz CT molecular complexity index is 989. The van der Waals surface area contributed by atoms with Crippen molar-refractivity contribution in [1.29, 1.82) is 0 Å². The Morgan fingerprint density at radius 1 is 1.18 bits per heavy atom. The van der Waals surface area contributed by atoms with Gasteiger partial charge >= 0.3 is 0 Å². The third-order valence-electron chi connectivity index (χ3n) is 4.68. The number of hydrogen-bond donors (Lipinski definition) is 1. The number of amides is 1. The number of nitrogens with zero attached hydrogens (tertiary/aromatic N) is 2. The lowest BCUT2D eigenvalue weighted by atomic mass is 10.1. The summed E-state index contributed by atoms with van der Waals surface area (Å²) < 4.78 is 7.79. The molecule has 0 saturated heterocycles. The van der Waals surface area contributed by atoms with Crippen molar-refractivity contribution < 1.29 is 9.53 Å². The maximum absolute atomic E-state index is 12.4.